The summed E-state index contributed by atoms with van der Waals surface area (Å²) < 4.78 is 27.0. The second-order valence-corrected chi connectivity index (χ2v) is 7.63. The first-order valence-electron chi connectivity index (χ1n) is 6.36. The molecule has 1 heterocycles. The summed E-state index contributed by atoms with van der Waals surface area (Å²) in [5, 5.41) is 5.06. The van der Waals surface area contributed by atoms with Crippen molar-refractivity contribution in [2.45, 2.75) is 30.6 Å². The number of rotatable bonds is 6. The van der Waals surface area contributed by atoms with Gasteiger partial charge in [0.2, 0.25) is 0 Å². The lowest BCUT2D eigenvalue weighted by atomic mass is 10.2. The van der Waals surface area contributed by atoms with Gasteiger partial charge in [0.05, 0.1) is 0 Å². The molecule has 0 amide bonds. The van der Waals surface area contributed by atoms with Crippen LogP contribution in [0.1, 0.15) is 19.4 Å². The molecule has 0 radical (unpaired) electrons. The van der Waals surface area contributed by atoms with Crippen molar-refractivity contribution in [3.63, 3.8) is 0 Å². The first-order chi connectivity index (χ1) is 9.47. The second kappa shape index (κ2) is 6.39. The smallest absolute Gasteiger partial charge is 0.271 e. The van der Waals surface area contributed by atoms with Crippen LogP contribution in [0.2, 0.25) is 0 Å². The summed E-state index contributed by atoms with van der Waals surface area (Å²) in [6.07, 6.45) is 0. The Morgan fingerprint density at radius 2 is 1.85 bits per heavy atom. The van der Waals surface area contributed by atoms with E-state index in [1.165, 1.54) is 11.3 Å². The van der Waals surface area contributed by atoms with Crippen LogP contribution in [0.25, 0.3) is 0 Å². The molecule has 0 unspecified atom stereocenters. The Balaban J connectivity index is 2.04. The Hall–Kier alpha value is -1.37. The molecular formula is C14H18N2O2S2. The van der Waals surface area contributed by atoms with Crippen molar-refractivity contribution >= 4 is 27.0 Å². The van der Waals surface area contributed by atoms with E-state index in [1.54, 1.807) is 29.6 Å². The van der Waals surface area contributed by atoms with E-state index in [-0.39, 0.29) is 0 Å². The number of thiophene rings is 1. The van der Waals surface area contributed by atoms with Gasteiger partial charge in [-0.15, -0.1) is 11.3 Å². The molecule has 108 valence electrons. The highest BCUT2D eigenvalue weighted by molar-refractivity contribution is 7.94. The second-order valence-electron chi connectivity index (χ2n) is 4.77. The van der Waals surface area contributed by atoms with E-state index < -0.39 is 10.0 Å². The summed E-state index contributed by atoms with van der Waals surface area (Å²) in [5.41, 5.74) is 1.70. The third kappa shape index (κ3) is 4.06. The van der Waals surface area contributed by atoms with Gasteiger partial charge < -0.3 is 5.32 Å². The van der Waals surface area contributed by atoms with Crippen molar-refractivity contribution in [2.75, 3.05) is 4.72 Å². The van der Waals surface area contributed by atoms with E-state index in [9.17, 15) is 8.42 Å². The average molecular weight is 310 g/mol. The van der Waals surface area contributed by atoms with Crippen LogP contribution in [-0.4, -0.2) is 14.5 Å². The molecule has 0 aliphatic carbocycles. The van der Waals surface area contributed by atoms with Gasteiger partial charge >= 0.3 is 0 Å². The van der Waals surface area contributed by atoms with E-state index in [0.29, 0.717) is 15.9 Å². The molecule has 4 nitrogen and oxygen atoms in total. The SMILES string of the molecule is CC(C)NCc1ccc(NS(=O)(=O)c2cccs2)cc1. The zero-order valence-electron chi connectivity index (χ0n) is 11.5. The van der Waals surface area contributed by atoms with Crippen molar-refractivity contribution in [2.24, 2.45) is 0 Å². The minimum atomic E-state index is -3.46. The number of anilines is 1. The van der Waals surface area contributed by atoms with Crippen LogP contribution >= 0.6 is 11.3 Å². The van der Waals surface area contributed by atoms with E-state index in [1.807, 2.05) is 12.1 Å². The van der Waals surface area contributed by atoms with Gasteiger partial charge in [0.15, 0.2) is 0 Å². The highest BCUT2D eigenvalue weighted by Crippen LogP contribution is 2.20. The maximum atomic E-state index is 12.0. The molecule has 2 rings (SSSR count). The van der Waals surface area contributed by atoms with Crippen molar-refractivity contribution in [3.8, 4) is 0 Å². The van der Waals surface area contributed by atoms with Gasteiger partial charge in [0.25, 0.3) is 10.0 Å². The summed E-state index contributed by atoms with van der Waals surface area (Å²) >= 11 is 1.20. The van der Waals surface area contributed by atoms with Gasteiger partial charge in [-0.05, 0) is 29.1 Å². The highest BCUT2D eigenvalue weighted by Gasteiger charge is 2.14. The molecule has 0 atom stereocenters. The van der Waals surface area contributed by atoms with Gasteiger partial charge in [-0.1, -0.05) is 32.0 Å². The third-order valence-electron chi connectivity index (χ3n) is 2.68. The molecule has 2 aromatic rings. The van der Waals surface area contributed by atoms with Crippen LogP contribution in [0.4, 0.5) is 5.69 Å². The van der Waals surface area contributed by atoms with Crippen LogP contribution in [0, 0.1) is 0 Å². The van der Waals surface area contributed by atoms with Gasteiger partial charge in [0.1, 0.15) is 4.21 Å². The quantitative estimate of drug-likeness (QED) is 0.862. The Morgan fingerprint density at radius 3 is 2.40 bits per heavy atom. The molecule has 0 saturated carbocycles. The predicted octanol–water partition coefficient (Wildman–Crippen LogP) is 3.05. The fraction of sp³-hybridized carbons (Fsp3) is 0.286. The summed E-state index contributed by atoms with van der Waals surface area (Å²) in [7, 11) is -3.46. The molecule has 20 heavy (non-hydrogen) atoms. The largest absolute Gasteiger partial charge is 0.310 e. The van der Waals surface area contributed by atoms with Crippen molar-refractivity contribution in [1.29, 1.82) is 0 Å². The number of benzene rings is 1. The first kappa shape index (κ1) is 15.0. The van der Waals surface area contributed by atoms with Gasteiger partial charge in [-0.25, -0.2) is 8.42 Å². The Labute approximate surface area is 123 Å². The molecule has 0 bridgehead atoms. The van der Waals surface area contributed by atoms with Crippen molar-refractivity contribution in [3.05, 3.63) is 47.3 Å². The number of sulfonamides is 1. The summed E-state index contributed by atoms with van der Waals surface area (Å²) in [6, 6.07) is 11.1. The monoisotopic (exact) mass is 310 g/mol. The van der Waals surface area contributed by atoms with Gasteiger partial charge in [-0.3, -0.25) is 4.72 Å². The zero-order valence-corrected chi connectivity index (χ0v) is 13.1. The van der Waals surface area contributed by atoms with E-state index in [0.717, 1.165) is 12.1 Å². The minimum Gasteiger partial charge on any atom is -0.310 e. The van der Waals surface area contributed by atoms with Crippen LogP contribution in [0.15, 0.2) is 46.0 Å². The highest BCUT2D eigenvalue weighted by atomic mass is 32.2. The third-order valence-corrected chi connectivity index (χ3v) is 5.46. The van der Waals surface area contributed by atoms with Crippen LogP contribution in [-0.2, 0) is 16.6 Å². The maximum Gasteiger partial charge on any atom is 0.271 e. The van der Waals surface area contributed by atoms with Crippen molar-refractivity contribution in [1.82, 2.24) is 5.32 Å². The van der Waals surface area contributed by atoms with Gasteiger partial charge in [0, 0.05) is 18.3 Å². The number of hydrogen-bond donors (Lipinski definition) is 2. The molecule has 0 saturated heterocycles. The van der Waals surface area contributed by atoms with Crippen LogP contribution in [0.3, 0.4) is 0 Å². The van der Waals surface area contributed by atoms with E-state index in [4.69, 9.17) is 0 Å². The fourth-order valence-corrected chi connectivity index (χ4v) is 3.69. The fourth-order valence-electron chi connectivity index (χ4n) is 1.63. The molecular weight excluding hydrogens is 292 g/mol. The number of hydrogen-bond acceptors (Lipinski definition) is 4. The molecule has 0 spiro atoms. The lowest BCUT2D eigenvalue weighted by Crippen LogP contribution is -2.21. The van der Waals surface area contributed by atoms with E-state index >= 15 is 0 Å². The molecule has 1 aromatic carbocycles. The molecule has 0 fully saturated rings. The Kier molecular flexibility index (Phi) is 4.80. The summed E-state index contributed by atoms with van der Waals surface area (Å²) in [4.78, 5) is 0. The summed E-state index contributed by atoms with van der Waals surface area (Å²) in [6.45, 7) is 4.95. The standard InChI is InChI=1S/C14H18N2O2S2/c1-11(2)15-10-12-5-7-13(8-6-12)16-20(17,18)14-4-3-9-19-14/h3-9,11,15-16H,10H2,1-2H3. The maximum absolute atomic E-state index is 12.0. The molecule has 6 heteroatoms. The minimum absolute atomic E-state index is 0.322. The van der Waals surface area contributed by atoms with Crippen LogP contribution in [0.5, 0.6) is 0 Å². The Morgan fingerprint density at radius 1 is 1.15 bits per heavy atom. The normalized spacial score (nSPS) is 11.8. The molecule has 0 aliphatic heterocycles. The molecule has 1 aromatic heterocycles. The average Bonchev–Trinajstić information content (AvgIpc) is 2.92. The predicted molar refractivity (Wildman–Crippen MR) is 83.5 cm³/mol. The van der Waals surface area contributed by atoms with Crippen LogP contribution < -0.4 is 10.0 Å². The zero-order chi connectivity index (χ0) is 14.6. The molecule has 2 N–H and O–H groups in total. The number of nitrogens with one attached hydrogen (secondary N) is 2. The lowest BCUT2D eigenvalue weighted by Gasteiger charge is -2.10. The van der Waals surface area contributed by atoms with Crippen molar-refractivity contribution < 1.29 is 8.42 Å². The first-order valence-corrected chi connectivity index (χ1v) is 8.72. The Bertz CT molecular complexity index is 632. The lowest BCUT2D eigenvalue weighted by molar-refractivity contribution is 0.589. The topological polar surface area (TPSA) is 58.2 Å². The summed E-state index contributed by atoms with van der Waals surface area (Å²) in [5.74, 6) is 0. The van der Waals surface area contributed by atoms with Gasteiger partial charge in [-0.2, -0.15) is 0 Å². The van der Waals surface area contributed by atoms with E-state index in [2.05, 4.69) is 23.9 Å². The molecule has 0 aliphatic rings.